The summed E-state index contributed by atoms with van der Waals surface area (Å²) in [5.74, 6) is 1.40. The molecule has 0 aliphatic heterocycles. The van der Waals surface area contributed by atoms with Gasteiger partial charge in [0.2, 0.25) is 0 Å². The molecule has 2 heterocycles. The topological polar surface area (TPSA) is 124 Å². The normalized spacial score (nSPS) is 10.8. The third-order valence-corrected chi connectivity index (χ3v) is 5.11. The molecule has 0 amide bonds. The fraction of sp³-hybridized carbons (Fsp3) is 0.0800. The van der Waals surface area contributed by atoms with Gasteiger partial charge < -0.3 is 11.1 Å². The molecule has 0 bridgehead atoms. The molecular weight excluding hydrogens is 398 g/mol. The third kappa shape index (κ3) is 3.96. The molecule has 2 aromatic heterocycles. The lowest BCUT2D eigenvalue weighted by molar-refractivity contribution is 1.01. The first-order valence-electron chi connectivity index (χ1n) is 9.88. The highest BCUT2D eigenvalue weighted by Crippen LogP contribution is 2.37. The molecular formula is C25H19N7. The minimum atomic E-state index is 0.239. The fourth-order valence-electron chi connectivity index (χ4n) is 3.83. The van der Waals surface area contributed by atoms with Gasteiger partial charge in [-0.3, -0.25) is 0 Å². The van der Waals surface area contributed by atoms with Gasteiger partial charge in [0, 0.05) is 11.5 Å². The number of nitrogens with zero attached hydrogens (tertiary/aromatic N) is 5. The Bertz CT molecular complexity index is 1420. The average molecular weight is 417 g/mol. The molecule has 0 aliphatic rings. The first-order chi connectivity index (χ1) is 15.5. The van der Waals surface area contributed by atoms with Crippen LogP contribution in [0.15, 0.2) is 54.6 Å². The van der Waals surface area contributed by atoms with E-state index in [4.69, 9.17) is 16.3 Å². The van der Waals surface area contributed by atoms with E-state index in [0.29, 0.717) is 17.5 Å². The molecule has 0 spiro atoms. The monoisotopic (exact) mass is 417 g/mol. The minimum Gasteiger partial charge on any atom is -0.383 e. The number of pyridine rings is 1. The van der Waals surface area contributed by atoms with Crippen LogP contribution in [-0.4, -0.2) is 15.2 Å². The Kier molecular flexibility index (Phi) is 5.48. The highest BCUT2D eigenvalue weighted by atomic mass is 15.2. The van der Waals surface area contributed by atoms with Gasteiger partial charge in [-0.2, -0.15) is 10.5 Å². The Hall–Kier alpha value is -4.75. The van der Waals surface area contributed by atoms with Crippen molar-refractivity contribution in [3.05, 3.63) is 77.0 Å². The number of allylic oxidation sites excluding steroid dienone is 1. The molecule has 0 saturated carbocycles. The summed E-state index contributed by atoms with van der Waals surface area (Å²) >= 11 is 0. The molecule has 154 valence electrons. The number of nitriles is 2. The Balaban J connectivity index is 1.83. The maximum Gasteiger partial charge on any atom is 0.163 e. The summed E-state index contributed by atoms with van der Waals surface area (Å²) in [5, 5.41) is 30.5. The zero-order valence-electron chi connectivity index (χ0n) is 17.6. The number of nitrogens with two attached hydrogens (primary N) is 1. The van der Waals surface area contributed by atoms with E-state index in [-0.39, 0.29) is 5.69 Å². The number of fused-ring (bicyclic) bond motifs is 1. The van der Waals surface area contributed by atoms with E-state index in [9.17, 15) is 0 Å². The molecule has 4 aromatic rings. The molecule has 0 unspecified atom stereocenters. The number of rotatable bonds is 4. The third-order valence-electron chi connectivity index (χ3n) is 5.11. The highest BCUT2D eigenvalue weighted by Gasteiger charge is 2.14. The van der Waals surface area contributed by atoms with Gasteiger partial charge in [-0.05, 0) is 71.3 Å². The zero-order valence-corrected chi connectivity index (χ0v) is 17.6. The average Bonchev–Trinajstić information content (AvgIpc) is 2.78. The first-order valence-corrected chi connectivity index (χ1v) is 9.88. The van der Waals surface area contributed by atoms with Crippen molar-refractivity contribution >= 4 is 34.3 Å². The number of aryl methyl sites for hydroxylation is 2. The van der Waals surface area contributed by atoms with Crippen molar-refractivity contribution in [2.45, 2.75) is 13.8 Å². The van der Waals surface area contributed by atoms with E-state index in [1.54, 1.807) is 18.2 Å². The molecule has 7 nitrogen and oxygen atoms in total. The lowest BCUT2D eigenvalue weighted by Crippen LogP contribution is -2.02. The molecule has 0 saturated heterocycles. The van der Waals surface area contributed by atoms with E-state index in [0.717, 1.165) is 38.6 Å². The van der Waals surface area contributed by atoms with Crippen LogP contribution in [0.1, 0.15) is 22.4 Å². The molecule has 2 aromatic carbocycles. The van der Waals surface area contributed by atoms with Gasteiger partial charge in [-0.25, -0.2) is 4.98 Å². The van der Waals surface area contributed by atoms with E-state index in [2.05, 4.69) is 52.5 Å². The molecule has 32 heavy (non-hydrogen) atoms. The first kappa shape index (κ1) is 20.5. The quantitative estimate of drug-likeness (QED) is 0.445. The summed E-state index contributed by atoms with van der Waals surface area (Å²) < 4.78 is 0. The molecule has 4 rings (SSSR count). The van der Waals surface area contributed by atoms with Crippen molar-refractivity contribution in [1.82, 2.24) is 15.2 Å². The van der Waals surface area contributed by atoms with Crippen LogP contribution < -0.4 is 11.1 Å². The maximum atomic E-state index is 8.90. The van der Waals surface area contributed by atoms with Crippen molar-refractivity contribution in [3.63, 3.8) is 0 Å². The van der Waals surface area contributed by atoms with Gasteiger partial charge in [0.25, 0.3) is 0 Å². The van der Waals surface area contributed by atoms with Gasteiger partial charge in [-0.1, -0.05) is 30.3 Å². The summed E-state index contributed by atoms with van der Waals surface area (Å²) in [5.41, 5.74) is 11.8. The van der Waals surface area contributed by atoms with Crippen molar-refractivity contribution in [2.75, 3.05) is 11.1 Å². The SMILES string of the molecule is Cc1cc(/C=C/C#N)cc(C)c1-c1cccc2c(N)nc(Nc3ccc(C#N)nn3)cc12. The van der Waals surface area contributed by atoms with Crippen LogP contribution in [0.2, 0.25) is 0 Å². The number of hydrogen-bond donors (Lipinski definition) is 2. The molecule has 0 atom stereocenters. The number of aromatic nitrogens is 3. The van der Waals surface area contributed by atoms with E-state index in [1.165, 1.54) is 6.08 Å². The van der Waals surface area contributed by atoms with Gasteiger partial charge >= 0.3 is 0 Å². The number of nitrogen functional groups attached to an aromatic ring is 1. The lowest BCUT2D eigenvalue weighted by Gasteiger charge is -2.16. The Morgan fingerprint density at radius 2 is 1.72 bits per heavy atom. The number of anilines is 3. The standard InChI is InChI=1S/C25H19N7/c1-15-11-17(5-4-10-26)12-16(2)24(15)19-6-3-7-20-21(19)13-23(30-25(20)28)29-22-9-8-18(14-27)31-32-22/h3-9,11-13H,1-2H3,(H3,28,29,30,32)/b5-4+. The highest BCUT2D eigenvalue weighted by molar-refractivity contribution is 6.03. The second-order valence-electron chi connectivity index (χ2n) is 7.33. The maximum absolute atomic E-state index is 8.90. The Morgan fingerprint density at radius 3 is 2.38 bits per heavy atom. The van der Waals surface area contributed by atoms with Gasteiger partial charge in [0.15, 0.2) is 11.5 Å². The fourth-order valence-corrected chi connectivity index (χ4v) is 3.83. The molecule has 0 aliphatic carbocycles. The minimum absolute atomic E-state index is 0.239. The largest absolute Gasteiger partial charge is 0.383 e. The van der Waals surface area contributed by atoms with E-state index in [1.807, 2.05) is 30.3 Å². The van der Waals surface area contributed by atoms with Crippen molar-refractivity contribution in [1.29, 1.82) is 10.5 Å². The van der Waals surface area contributed by atoms with Crippen molar-refractivity contribution in [3.8, 4) is 23.3 Å². The second-order valence-corrected chi connectivity index (χ2v) is 7.33. The number of nitrogens with one attached hydrogen (secondary N) is 1. The molecule has 7 heteroatoms. The predicted molar refractivity (Wildman–Crippen MR) is 126 cm³/mol. The summed E-state index contributed by atoms with van der Waals surface area (Å²) in [6.07, 6.45) is 3.28. The van der Waals surface area contributed by atoms with Gasteiger partial charge in [-0.15, -0.1) is 10.2 Å². The van der Waals surface area contributed by atoms with E-state index < -0.39 is 0 Å². The molecule has 0 fully saturated rings. The van der Waals surface area contributed by atoms with Crippen LogP contribution in [0.4, 0.5) is 17.5 Å². The number of benzene rings is 2. The van der Waals surface area contributed by atoms with Crippen LogP contribution in [0.25, 0.3) is 28.0 Å². The van der Waals surface area contributed by atoms with Crippen LogP contribution in [0.3, 0.4) is 0 Å². The predicted octanol–water partition coefficient (Wildman–Crippen LogP) is 5.04. The van der Waals surface area contributed by atoms with Crippen molar-refractivity contribution < 1.29 is 0 Å². The smallest absolute Gasteiger partial charge is 0.163 e. The number of hydrogen-bond acceptors (Lipinski definition) is 7. The van der Waals surface area contributed by atoms with Crippen LogP contribution in [-0.2, 0) is 0 Å². The van der Waals surface area contributed by atoms with Gasteiger partial charge in [0.05, 0.1) is 6.07 Å². The Morgan fingerprint density at radius 1 is 0.938 bits per heavy atom. The molecule has 0 radical (unpaired) electrons. The summed E-state index contributed by atoms with van der Waals surface area (Å²) in [6.45, 7) is 4.11. The summed E-state index contributed by atoms with van der Waals surface area (Å²) in [7, 11) is 0. The van der Waals surface area contributed by atoms with Crippen LogP contribution >= 0.6 is 0 Å². The summed E-state index contributed by atoms with van der Waals surface area (Å²) in [6, 6.07) is 19.3. The van der Waals surface area contributed by atoms with Crippen molar-refractivity contribution in [2.24, 2.45) is 0 Å². The second kappa shape index (κ2) is 8.55. The summed E-state index contributed by atoms with van der Waals surface area (Å²) in [4.78, 5) is 4.46. The van der Waals surface area contributed by atoms with Crippen LogP contribution in [0, 0.1) is 36.5 Å². The zero-order chi connectivity index (χ0) is 22.7. The lowest BCUT2D eigenvalue weighted by atomic mass is 9.90. The Labute approximate surface area is 185 Å². The van der Waals surface area contributed by atoms with Crippen LogP contribution in [0.5, 0.6) is 0 Å². The van der Waals surface area contributed by atoms with Gasteiger partial charge in [0.1, 0.15) is 17.7 Å². The van der Waals surface area contributed by atoms with E-state index >= 15 is 0 Å². The molecule has 3 N–H and O–H groups in total.